The zero-order valence-corrected chi connectivity index (χ0v) is 14.3. The molecule has 1 aromatic heterocycles. The molecular weight excluding hydrogens is 302 g/mol. The summed E-state index contributed by atoms with van der Waals surface area (Å²) in [6.07, 6.45) is 0. The maximum Gasteiger partial charge on any atom is 0.168 e. The Morgan fingerprint density at radius 3 is 2.58 bits per heavy atom. The molecule has 0 bridgehead atoms. The molecule has 3 rings (SSSR count). The Hall–Kier alpha value is -2.82. The van der Waals surface area contributed by atoms with Crippen LogP contribution in [0.3, 0.4) is 0 Å². The molecule has 2 aromatic carbocycles. The van der Waals surface area contributed by atoms with Gasteiger partial charge in [-0.15, -0.1) is 0 Å². The van der Waals surface area contributed by atoms with Crippen molar-refractivity contribution in [1.29, 1.82) is 0 Å². The van der Waals surface area contributed by atoms with E-state index in [1.807, 2.05) is 51.1 Å². The molecule has 0 unspecified atom stereocenters. The van der Waals surface area contributed by atoms with Gasteiger partial charge in [0, 0.05) is 16.5 Å². The predicted octanol–water partition coefficient (Wildman–Crippen LogP) is 4.05. The van der Waals surface area contributed by atoms with Crippen LogP contribution in [-0.4, -0.2) is 22.9 Å². The van der Waals surface area contributed by atoms with Gasteiger partial charge in [-0.3, -0.25) is 4.79 Å². The first kappa shape index (κ1) is 16.1. The minimum absolute atomic E-state index is 0.100. The minimum atomic E-state index is -0.420. The van der Waals surface area contributed by atoms with E-state index in [2.05, 4.69) is 9.97 Å². The number of hydrogen-bond acceptors (Lipinski definition) is 4. The number of H-pyrrole nitrogens is 1. The number of ketones is 1. The first-order valence-corrected chi connectivity index (χ1v) is 7.78. The van der Waals surface area contributed by atoms with Gasteiger partial charge in [-0.05, 0) is 36.4 Å². The molecule has 0 aliphatic rings. The Morgan fingerprint density at radius 2 is 1.92 bits per heavy atom. The van der Waals surface area contributed by atoms with Gasteiger partial charge in [-0.25, -0.2) is 4.98 Å². The van der Waals surface area contributed by atoms with Gasteiger partial charge < -0.3 is 15.5 Å². The highest BCUT2D eigenvalue weighted by Crippen LogP contribution is 2.29. The molecular formula is C19H21N3O2. The average molecular weight is 323 g/mol. The number of anilines is 1. The molecule has 0 aliphatic carbocycles. The van der Waals surface area contributed by atoms with Crippen LogP contribution in [0, 0.1) is 5.41 Å². The molecule has 0 spiro atoms. The third-order valence-electron chi connectivity index (χ3n) is 3.93. The quantitative estimate of drug-likeness (QED) is 0.563. The number of benzene rings is 2. The van der Waals surface area contributed by atoms with E-state index < -0.39 is 5.41 Å². The minimum Gasteiger partial charge on any atom is -0.495 e. The van der Waals surface area contributed by atoms with E-state index in [-0.39, 0.29) is 5.78 Å². The van der Waals surface area contributed by atoms with Crippen LogP contribution in [0.15, 0.2) is 36.4 Å². The third-order valence-corrected chi connectivity index (χ3v) is 3.93. The number of fused-ring (bicyclic) bond motifs is 1. The van der Waals surface area contributed by atoms with Crippen molar-refractivity contribution in [1.82, 2.24) is 9.97 Å². The second-order valence-corrected chi connectivity index (χ2v) is 6.85. The van der Waals surface area contributed by atoms with Gasteiger partial charge in [0.15, 0.2) is 5.78 Å². The van der Waals surface area contributed by atoms with Gasteiger partial charge in [-0.1, -0.05) is 20.8 Å². The number of aromatic amines is 1. The molecule has 24 heavy (non-hydrogen) atoms. The van der Waals surface area contributed by atoms with Crippen LogP contribution in [0.2, 0.25) is 0 Å². The molecule has 1 heterocycles. The lowest BCUT2D eigenvalue weighted by Gasteiger charge is -2.16. The van der Waals surface area contributed by atoms with Gasteiger partial charge in [0.25, 0.3) is 0 Å². The topological polar surface area (TPSA) is 81.0 Å². The van der Waals surface area contributed by atoms with E-state index in [0.717, 1.165) is 16.6 Å². The molecule has 0 radical (unpaired) electrons. The van der Waals surface area contributed by atoms with Gasteiger partial charge in [-0.2, -0.15) is 0 Å². The number of aromatic nitrogens is 2. The van der Waals surface area contributed by atoms with Crippen LogP contribution >= 0.6 is 0 Å². The molecule has 3 aromatic rings. The zero-order chi connectivity index (χ0) is 17.5. The summed E-state index contributed by atoms with van der Waals surface area (Å²) >= 11 is 0. The van der Waals surface area contributed by atoms with Crippen LogP contribution < -0.4 is 10.5 Å². The van der Waals surface area contributed by atoms with E-state index in [0.29, 0.717) is 22.8 Å². The van der Waals surface area contributed by atoms with Gasteiger partial charge in [0.05, 0.1) is 23.8 Å². The Morgan fingerprint density at radius 1 is 1.17 bits per heavy atom. The van der Waals surface area contributed by atoms with Crippen molar-refractivity contribution in [2.24, 2.45) is 5.41 Å². The van der Waals surface area contributed by atoms with Crippen LogP contribution in [0.25, 0.3) is 22.4 Å². The van der Waals surface area contributed by atoms with Crippen molar-refractivity contribution in [2.45, 2.75) is 20.8 Å². The number of methoxy groups -OCH3 is 1. The van der Waals surface area contributed by atoms with E-state index in [4.69, 9.17) is 10.5 Å². The fourth-order valence-electron chi connectivity index (χ4n) is 2.58. The zero-order valence-electron chi connectivity index (χ0n) is 14.3. The lowest BCUT2D eigenvalue weighted by Crippen LogP contribution is -2.19. The molecule has 0 saturated heterocycles. The normalized spacial score (nSPS) is 11.7. The van der Waals surface area contributed by atoms with Crippen LogP contribution in [0.1, 0.15) is 31.1 Å². The lowest BCUT2D eigenvalue weighted by atomic mass is 9.86. The number of carbonyl (C=O) groups is 1. The highest BCUT2D eigenvalue weighted by molar-refractivity contribution is 6.02. The second kappa shape index (κ2) is 5.67. The van der Waals surface area contributed by atoms with E-state index >= 15 is 0 Å². The highest BCUT2D eigenvalue weighted by Gasteiger charge is 2.23. The summed E-state index contributed by atoms with van der Waals surface area (Å²) in [4.78, 5) is 20.3. The Labute approximate surface area is 140 Å². The molecule has 5 nitrogen and oxygen atoms in total. The highest BCUT2D eigenvalue weighted by atomic mass is 16.5. The summed E-state index contributed by atoms with van der Waals surface area (Å²) in [5.74, 6) is 1.42. The second-order valence-electron chi connectivity index (χ2n) is 6.85. The smallest absolute Gasteiger partial charge is 0.168 e. The van der Waals surface area contributed by atoms with Crippen molar-refractivity contribution >= 4 is 22.5 Å². The standard InChI is InChI=1S/C19H21N3O2/c1-19(2,3)17(23)11-6-8-14-15(9-11)22-18(21-14)12-5-7-13(20)16(10-12)24-4/h5-10H,20H2,1-4H3,(H,21,22). The Kier molecular flexibility index (Phi) is 3.79. The molecule has 0 aliphatic heterocycles. The van der Waals surface area contributed by atoms with Crippen molar-refractivity contribution in [3.05, 3.63) is 42.0 Å². The van der Waals surface area contributed by atoms with Gasteiger partial charge in [0.1, 0.15) is 11.6 Å². The lowest BCUT2D eigenvalue weighted by molar-refractivity contribution is 0.0858. The molecule has 5 heteroatoms. The summed E-state index contributed by atoms with van der Waals surface area (Å²) in [6.45, 7) is 5.74. The largest absolute Gasteiger partial charge is 0.495 e. The number of nitrogens with one attached hydrogen (secondary N) is 1. The molecule has 124 valence electrons. The van der Waals surface area contributed by atoms with Crippen molar-refractivity contribution in [3.8, 4) is 17.1 Å². The van der Waals surface area contributed by atoms with E-state index in [9.17, 15) is 4.79 Å². The Balaban J connectivity index is 2.05. The number of imidazole rings is 1. The first-order chi connectivity index (χ1) is 11.3. The monoisotopic (exact) mass is 323 g/mol. The summed E-state index contributed by atoms with van der Waals surface area (Å²) < 4.78 is 5.26. The third kappa shape index (κ3) is 2.85. The number of nitrogens with two attached hydrogens (primary N) is 1. The van der Waals surface area contributed by atoms with E-state index in [1.54, 1.807) is 13.2 Å². The van der Waals surface area contributed by atoms with Crippen molar-refractivity contribution < 1.29 is 9.53 Å². The fourth-order valence-corrected chi connectivity index (χ4v) is 2.58. The summed E-state index contributed by atoms with van der Waals surface area (Å²) in [7, 11) is 1.58. The summed E-state index contributed by atoms with van der Waals surface area (Å²) in [5.41, 5.74) is 9.20. The van der Waals surface area contributed by atoms with Crippen molar-refractivity contribution in [2.75, 3.05) is 12.8 Å². The number of nitrogens with zero attached hydrogens (tertiary/aromatic N) is 1. The van der Waals surface area contributed by atoms with Crippen LogP contribution in [0.5, 0.6) is 5.75 Å². The molecule has 0 amide bonds. The average Bonchev–Trinajstić information content (AvgIpc) is 2.96. The Bertz CT molecular complexity index is 920. The van der Waals surface area contributed by atoms with Crippen LogP contribution in [0.4, 0.5) is 5.69 Å². The predicted molar refractivity (Wildman–Crippen MR) is 96.3 cm³/mol. The maximum atomic E-state index is 12.4. The number of carbonyl (C=O) groups excluding carboxylic acids is 1. The maximum absolute atomic E-state index is 12.4. The molecule has 0 fully saturated rings. The first-order valence-electron chi connectivity index (χ1n) is 7.78. The number of nitrogen functional groups attached to an aromatic ring is 1. The SMILES string of the molecule is COc1cc(-c2nc3cc(C(=O)C(C)(C)C)ccc3[nH]2)ccc1N. The molecule has 0 atom stereocenters. The van der Waals surface area contributed by atoms with Crippen LogP contribution in [-0.2, 0) is 0 Å². The number of Topliss-reactive ketones (excluding diaryl/α,β-unsaturated/α-hetero) is 1. The van der Waals surface area contributed by atoms with E-state index in [1.165, 1.54) is 0 Å². The van der Waals surface area contributed by atoms with Gasteiger partial charge in [0.2, 0.25) is 0 Å². The van der Waals surface area contributed by atoms with Crippen molar-refractivity contribution in [3.63, 3.8) is 0 Å². The number of ether oxygens (including phenoxy) is 1. The number of hydrogen-bond donors (Lipinski definition) is 2. The molecule has 0 saturated carbocycles. The number of rotatable bonds is 3. The molecule has 3 N–H and O–H groups in total. The fraction of sp³-hybridized carbons (Fsp3) is 0.263. The summed E-state index contributed by atoms with van der Waals surface area (Å²) in [5, 5.41) is 0. The van der Waals surface area contributed by atoms with Gasteiger partial charge >= 0.3 is 0 Å². The summed E-state index contributed by atoms with van der Waals surface area (Å²) in [6, 6.07) is 11.1.